The molecule has 1 atom stereocenters. The summed E-state index contributed by atoms with van der Waals surface area (Å²) in [4.78, 5) is 0. The van der Waals surface area contributed by atoms with Gasteiger partial charge in [-0.05, 0) is 24.1 Å². The van der Waals surface area contributed by atoms with E-state index in [2.05, 4.69) is 5.32 Å². The minimum absolute atomic E-state index is 0.150. The summed E-state index contributed by atoms with van der Waals surface area (Å²) in [5.74, 6) is -2.67. The molecular weight excluding hydrogens is 275 g/mol. The lowest BCUT2D eigenvalue weighted by atomic mass is 9.96. The molecule has 4 heteroatoms. The van der Waals surface area contributed by atoms with Gasteiger partial charge in [-0.25, -0.2) is 13.2 Å². The monoisotopic (exact) mass is 293 g/mol. The van der Waals surface area contributed by atoms with Crippen LogP contribution >= 0.6 is 0 Å². The predicted octanol–water partition coefficient (Wildman–Crippen LogP) is 4.37. The van der Waals surface area contributed by atoms with Gasteiger partial charge >= 0.3 is 0 Å². The summed E-state index contributed by atoms with van der Waals surface area (Å²) in [6.07, 6.45) is 0.894. The van der Waals surface area contributed by atoms with Crippen LogP contribution < -0.4 is 5.32 Å². The molecule has 0 fully saturated rings. The first-order valence-electron chi connectivity index (χ1n) is 7.03. The van der Waals surface area contributed by atoms with Crippen molar-refractivity contribution in [1.29, 1.82) is 0 Å². The van der Waals surface area contributed by atoms with Gasteiger partial charge in [0.2, 0.25) is 0 Å². The van der Waals surface area contributed by atoms with Crippen LogP contribution in [-0.4, -0.2) is 6.54 Å². The number of hydrogen-bond acceptors (Lipinski definition) is 1. The SMILES string of the molecule is CCNC(c1ccc(CC)cc1)c1c(F)cc(F)cc1F. The van der Waals surface area contributed by atoms with Gasteiger partial charge in [0, 0.05) is 17.7 Å². The van der Waals surface area contributed by atoms with E-state index in [4.69, 9.17) is 0 Å². The quantitative estimate of drug-likeness (QED) is 0.863. The number of rotatable bonds is 5. The lowest BCUT2D eigenvalue weighted by Crippen LogP contribution is -2.24. The van der Waals surface area contributed by atoms with Crippen molar-refractivity contribution in [3.63, 3.8) is 0 Å². The molecule has 0 bridgehead atoms. The minimum atomic E-state index is -0.912. The van der Waals surface area contributed by atoms with Crippen molar-refractivity contribution in [1.82, 2.24) is 5.32 Å². The first kappa shape index (κ1) is 15.6. The molecule has 0 radical (unpaired) electrons. The van der Waals surface area contributed by atoms with Crippen LogP contribution in [-0.2, 0) is 6.42 Å². The van der Waals surface area contributed by atoms with Crippen LogP contribution in [0.4, 0.5) is 13.2 Å². The van der Waals surface area contributed by atoms with E-state index >= 15 is 0 Å². The molecule has 0 aliphatic rings. The van der Waals surface area contributed by atoms with Gasteiger partial charge in [-0.1, -0.05) is 38.1 Å². The molecule has 2 aromatic carbocycles. The average molecular weight is 293 g/mol. The van der Waals surface area contributed by atoms with E-state index in [1.807, 2.05) is 38.1 Å². The maximum atomic E-state index is 14.0. The molecule has 0 aliphatic carbocycles. The predicted molar refractivity (Wildman–Crippen MR) is 77.7 cm³/mol. The maximum Gasteiger partial charge on any atom is 0.134 e. The molecule has 0 aliphatic heterocycles. The van der Waals surface area contributed by atoms with Crippen LogP contribution in [0.25, 0.3) is 0 Å². The summed E-state index contributed by atoms with van der Waals surface area (Å²) >= 11 is 0. The Morgan fingerprint density at radius 1 is 0.952 bits per heavy atom. The second-order valence-electron chi connectivity index (χ2n) is 4.87. The fourth-order valence-electron chi connectivity index (χ4n) is 2.37. The summed E-state index contributed by atoms with van der Waals surface area (Å²) in [5, 5.41) is 3.05. The van der Waals surface area contributed by atoms with Crippen molar-refractivity contribution < 1.29 is 13.2 Å². The van der Waals surface area contributed by atoms with Crippen LogP contribution in [0, 0.1) is 17.5 Å². The van der Waals surface area contributed by atoms with Crippen LogP contribution in [0.3, 0.4) is 0 Å². The molecule has 0 saturated carbocycles. The molecule has 2 aromatic rings. The molecule has 1 N–H and O–H groups in total. The lowest BCUT2D eigenvalue weighted by molar-refractivity contribution is 0.492. The van der Waals surface area contributed by atoms with E-state index in [0.29, 0.717) is 18.7 Å². The molecule has 1 nitrogen and oxygen atoms in total. The van der Waals surface area contributed by atoms with E-state index in [-0.39, 0.29) is 5.56 Å². The number of aryl methyl sites for hydroxylation is 1. The van der Waals surface area contributed by atoms with Gasteiger partial charge in [-0.3, -0.25) is 0 Å². The Morgan fingerprint density at radius 2 is 1.52 bits per heavy atom. The van der Waals surface area contributed by atoms with Gasteiger partial charge in [-0.15, -0.1) is 0 Å². The van der Waals surface area contributed by atoms with E-state index < -0.39 is 23.5 Å². The highest BCUT2D eigenvalue weighted by Crippen LogP contribution is 2.28. The summed E-state index contributed by atoms with van der Waals surface area (Å²) < 4.78 is 41.0. The first-order chi connectivity index (χ1) is 10.1. The second kappa shape index (κ2) is 6.76. The van der Waals surface area contributed by atoms with Crippen molar-refractivity contribution in [2.24, 2.45) is 0 Å². The Hall–Kier alpha value is -1.81. The summed E-state index contributed by atoms with van der Waals surface area (Å²) in [6, 6.07) is 8.33. The maximum absolute atomic E-state index is 14.0. The number of benzene rings is 2. The second-order valence-corrected chi connectivity index (χ2v) is 4.87. The van der Waals surface area contributed by atoms with Crippen molar-refractivity contribution in [2.75, 3.05) is 6.54 Å². The molecule has 0 heterocycles. The highest BCUT2D eigenvalue weighted by molar-refractivity contribution is 5.35. The fourth-order valence-corrected chi connectivity index (χ4v) is 2.37. The highest BCUT2D eigenvalue weighted by Gasteiger charge is 2.22. The van der Waals surface area contributed by atoms with Gasteiger partial charge < -0.3 is 5.32 Å². The van der Waals surface area contributed by atoms with Crippen molar-refractivity contribution >= 4 is 0 Å². The Morgan fingerprint density at radius 3 is 2.00 bits per heavy atom. The number of nitrogens with one attached hydrogen (secondary N) is 1. The minimum Gasteiger partial charge on any atom is -0.306 e. The molecule has 112 valence electrons. The van der Waals surface area contributed by atoms with Gasteiger partial charge in [-0.2, -0.15) is 0 Å². The van der Waals surface area contributed by atoms with Gasteiger partial charge in [0.15, 0.2) is 0 Å². The van der Waals surface area contributed by atoms with Crippen molar-refractivity contribution in [2.45, 2.75) is 26.3 Å². The average Bonchev–Trinajstić information content (AvgIpc) is 2.45. The van der Waals surface area contributed by atoms with Crippen LogP contribution in [0.15, 0.2) is 36.4 Å². The molecule has 1 unspecified atom stereocenters. The van der Waals surface area contributed by atoms with E-state index in [1.54, 1.807) is 0 Å². The Balaban J connectivity index is 2.47. The van der Waals surface area contributed by atoms with Crippen LogP contribution in [0.1, 0.15) is 36.6 Å². The zero-order valence-corrected chi connectivity index (χ0v) is 12.1. The third-order valence-corrected chi connectivity index (χ3v) is 3.46. The zero-order valence-electron chi connectivity index (χ0n) is 12.1. The van der Waals surface area contributed by atoms with Gasteiger partial charge in [0.25, 0.3) is 0 Å². The highest BCUT2D eigenvalue weighted by atomic mass is 19.1. The smallest absolute Gasteiger partial charge is 0.134 e. The number of hydrogen-bond donors (Lipinski definition) is 1. The summed E-state index contributed by atoms with van der Waals surface area (Å²) in [7, 11) is 0. The topological polar surface area (TPSA) is 12.0 Å². The molecule has 0 aromatic heterocycles. The van der Waals surface area contributed by atoms with Crippen LogP contribution in [0.2, 0.25) is 0 Å². The normalized spacial score (nSPS) is 12.4. The van der Waals surface area contributed by atoms with Crippen LogP contribution in [0.5, 0.6) is 0 Å². The Kier molecular flexibility index (Phi) is 5.02. The molecular formula is C17H18F3N. The first-order valence-corrected chi connectivity index (χ1v) is 7.03. The number of halogens is 3. The Bertz CT molecular complexity index is 585. The summed E-state index contributed by atoms with van der Waals surface area (Å²) in [5.41, 5.74) is 1.75. The fraction of sp³-hybridized carbons (Fsp3) is 0.294. The molecule has 0 spiro atoms. The third kappa shape index (κ3) is 3.45. The molecule has 0 amide bonds. The Labute approximate surface area is 122 Å². The lowest BCUT2D eigenvalue weighted by Gasteiger charge is -2.20. The van der Waals surface area contributed by atoms with Crippen molar-refractivity contribution in [3.8, 4) is 0 Å². The molecule has 0 saturated heterocycles. The van der Waals surface area contributed by atoms with E-state index in [0.717, 1.165) is 17.5 Å². The molecule has 21 heavy (non-hydrogen) atoms. The van der Waals surface area contributed by atoms with E-state index in [9.17, 15) is 13.2 Å². The standard InChI is InChI=1S/C17H18F3N/c1-3-11-5-7-12(8-6-11)17(21-4-2)16-14(19)9-13(18)10-15(16)20/h5-10,17,21H,3-4H2,1-2H3. The van der Waals surface area contributed by atoms with Gasteiger partial charge in [0.1, 0.15) is 17.5 Å². The third-order valence-electron chi connectivity index (χ3n) is 3.46. The molecule has 2 rings (SSSR count). The zero-order chi connectivity index (χ0) is 15.4. The van der Waals surface area contributed by atoms with E-state index in [1.165, 1.54) is 0 Å². The van der Waals surface area contributed by atoms with Gasteiger partial charge in [0.05, 0.1) is 6.04 Å². The summed E-state index contributed by atoms with van der Waals surface area (Å²) in [6.45, 7) is 4.43. The largest absolute Gasteiger partial charge is 0.306 e. The van der Waals surface area contributed by atoms with Crippen molar-refractivity contribution in [3.05, 3.63) is 70.5 Å².